The summed E-state index contributed by atoms with van der Waals surface area (Å²) in [5, 5.41) is 10.6. The van der Waals surface area contributed by atoms with Crippen LogP contribution in [0.3, 0.4) is 0 Å². The zero-order valence-electron chi connectivity index (χ0n) is 23.2. The zero-order valence-corrected chi connectivity index (χ0v) is 24.9. The van der Waals surface area contributed by atoms with Crippen LogP contribution in [0.25, 0.3) is 0 Å². The zero-order chi connectivity index (χ0) is 28.3. The second-order valence-corrected chi connectivity index (χ2v) is 15.6. The van der Waals surface area contributed by atoms with Crippen molar-refractivity contribution in [3.63, 3.8) is 0 Å². The van der Waals surface area contributed by atoms with Crippen molar-refractivity contribution < 1.29 is 39.4 Å². The molecule has 3 fully saturated rings. The lowest BCUT2D eigenvalue weighted by molar-refractivity contribution is -0.0705. The highest BCUT2D eigenvalue weighted by Gasteiger charge is 2.60. The average molecular weight is 579 g/mol. The van der Waals surface area contributed by atoms with E-state index in [0.717, 1.165) is 32.1 Å². The van der Waals surface area contributed by atoms with Gasteiger partial charge in [-0.3, -0.25) is 9.11 Å². The van der Waals surface area contributed by atoms with Crippen LogP contribution in [-0.2, 0) is 29.2 Å². The number of allylic oxidation sites excluding steroid dienone is 2. The lowest BCUT2D eigenvalue weighted by Gasteiger charge is -2.58. The number of aliphatic hydroxyl groups excluding tert-OH is 1. The molecule has 0 heterocycles. The van der Waals surface area contributed by atoms with Crippen molar-refractivity contribution in [3.05, 3.63) is 11.6 Å². The van der Waals surface area contributed by atoms with Crippen molar-refractivity contribution in [2.75, 3.05) is 0 Å². The quantitative estimate of drug-likeness (QED) is 0.254. The number of hydrogen-bond donors (Lipinski definition) is 3. The smallest absolute Gasteiger partial charge is 0.393 e. The second kappa shape index (κ2) is 10.7. The predicted molar refractivity (Wildman–Crippen MR) is 143 cm³/mol. The molecule has 11 heteroatoms. The van der Waals surface area contributed by atoms with Gasteiger partial charge in [-0.25, -0.2) is 8.37 Å². The minimum Gasteiger partial charge on any atom is -0.393 e. The molecule has 4 rings (SSSR count). The SMILES string of the molecule is CC(C)CC(O)CC(C)C1CCC2C3CC(OS(=O)(=O)O)C4CC(OS(=O)(=O)O)CCC4(C)C3=CCC12C. The van der Waals surface area contributed by atoms with E-state index in [1.165, 1.54) is 5.57 Å². The second-order valence-electron chi connectivity index (χ2n) is 13.5. The molecule has 0 bridgehead atoms. The van der Waals surface area contributed by atoms with Gasteiger partial charge in [-0.1, -0.05) is 46.3 Å². The van der Waals surface area contributed by atoms with E-state index in [1.54, 1.807) is 0 Å². The Labute approximate surface area is 228 Å². The maximum atomic E-state index is 11.9. The van der Waals surface area contributed by atoms with Crippen molar-refractivity contribution in [3.8, 4) is 0 Å². The summed E-state index contributed by atoms with van der Waals surface area (Å²) >= 11 is 0. The molecule has 0 spiro atoms. The van der Waals surface area contributed by atoms with Gasteiger partial charge in [0.25, 0.3) is 0 Å². The molecule has 10 unspecified atom stereocenters. The number of fused-ring (bicyclic) bond motifs is 5. The Kier molecular flexibility index (Phi) is 8.55. The Morgan fingerprint density at radius 1 is 0.947 bits per heavy atom. The van der Waals surface area contributed by atoms with E-state index in [-0.39, 0.29) is 29.8 Å². The molecule has 3 N–H and O–H groups in total. The van der Waals surface area contributed by atoms with Crippen molar-refractivity contribution in [2.45, 2.75) is 111 Å². The summed E-state index contributed by atoms with van der Waals surface area (Å²) in [6, 6.07) is 0. The summed E-state index contributed by atoms with van der Waals surface area (Å²) in [7, 11) is -9.38. The molecular formula is C27H46O9S2. The fraction of sp³-hybridized carbons (Fsp3) is 0.926. The summed E-state index contributed by atoms with van der Waals surface area (Å²) in [6.45, 7) is 10.9. The van der Waals surface area contributed by atoms with Gasteiger partial charge >= 0.3 is 20.8 Å². The molecule has 4 aliphatic carbocycles. The third-order valence-electron chi connectivity index (χ3n) is 10.6. The lowest BCUT2D eigenvalue weighted by Crippen LogP contribution is -2.55. The van der Waals surface area contributed by atoms with Gasteiger partial charge < -0.3 is 5.11 Å². The van der Waals surface area contributed by atoms with E-state index < -0.39 is 38.4 Å². The molecule has 0 aromatic carbocycles. The summed E-state index contributed by atoms with van der Waals surface area (Å²) < 4.78 is 75.6. The van der Waals surface area contributed by atoms with Gasteiger partial charge in [-0.2, -0.15) is 16.8 Å². The maximum Gasteiger partial charge on any atom is 0.397 e. The summed E-state index contributed by atoms with van der Waals surface area (Å²) in [5.41, 5.74) is 0.872. The lowest BCUT2D eigenvalue weighted by atomic mass is 9.47. The van der Waals surface area contributed by atoms with Crippen molar-refractivity contribution >= 4 is 20.8 Å². The van der Waals surface area contributed by atoms with Gasteiger partial charge in [0.1, 0.15) is 0 Å². The number of hydrogen-bond acceptors (Lipinski definition) is 7. The third kappa shape index (κ3) is 6.19. The third-order valence-corrected chi connectivity index (χ3v) is 11.6. The minimum absolute atomic E-state index is 0.0161. The molecule has 0 saturated heterocycles. The first-order chi connectivity index (χ1) is 17.4. The fourth-order valence-corrected chi connectivity index (χ4v) is 10.3. The summed E-state index contributed by atoms with van der Waals surface area (Å²) in [5.74, 6) is 1.28. The monoisotopic (exact) mass is 578 g/mol. The average Bonchev–Trinajstić information content (AvgIpc) is 3.09. The molecule has 0 radical (unpaired) electrons. The highest BCUT2D eigenvalue weighted by atomic mass is 32.3. The normalized spacial score (nSPS) is 41.1. The van der Waals surface area contributed by atoms with E-state index in [0.29, 0.717) is 42.9 Å². The highest BCUT2D eigenvalue weighted by molar-refractivity contribution is 7.81. The van der Waals surface area contributed by atoms with Gasteiger partial charge in [0.2, 0.25) is 0 Å². The highest BCUT2D eigenvalue weighted by Crippen LogP contribution is 2.67. The van der Waals surface area contributed by atoms with Crippen LogP contribution in [0.1, 0.15) is 92.4 Å². The van der Waals surface area contributed by atoms with E-state index in [9.17, 15) is 31.0 Å². The molecular weight excluding hydrogens is 532 g/mol. The summed E-state index contributed by atoms with van der Waals surface area (Å²) in [6.07, 6.45) is 6.57. The Morgan fingerprint density at radius 2 is 1.61 bits per heavy atom. The van der Waals surface area contributed by atoms with Gasteiger partial charge in [0.15, 0.2) is 0 Å². The van der Waals surface area contributed by atoms with E-state index in [2.05, 4.69) is 40.7 Å². The summed E-state index contributed by atoms with van der Waals surface area (Å²) in [4.78, 5) is 0. The first kappa shape index (κ1) is 30.4. The van der Waals surface area contributed by atoms with Crippen molar-refractivity contribution in [1.82, 2.24) is 0 Å². The van der Waals surface area contributed by atoms with Crippen LogP contribution in [-0.4, -0.2) is 49.4 Å². The van der Waals surface area contributed by atoms with Crippen LogP contribution in [0.5, 0.6) is 0 Å². The van der Waals surface area contributed by atoms with E-state index in [1.807, 2.05) is 0 Å². The number of aliphatic hydroxyl groups is 1. The minimum atomic E-state index is -4.73. The molecule has 3 saturated carbocycles. The largest absolute Gasteiger partial charge is 0.397 e. The fourth-order valence-electron chi connectivity index (χ4n) is 9.24. The Balaban J connectivity index is 1.62. The first-order valence-electron chi connectivity index (χ1n) is 14.1. The van der Waals surface area contributed by atoms with Crippen LogP contribution in [0.2, 0.25) is 0 Å². The molecule has 9 nitrogen and oxygen atoms in total. The van der Waals surface area contributed by atoms with Gasteiger partial charge in [-0.05, 0) is 104 Å². The molecule has 38 heavy (non-hydrogen) atoms. The Morgan fingerprint density at radius 3 is 2.21 bits per heavy atom. The number of rotatable bonds is 9. The molecule has 0 amide bonds. The van der Waals surface area contributed by atoms with Gasteiger partial charge in [0, 0.05) is 0 Å². The van der Waals surface area contributed by atoms with Crippen LogP contribution in [0, 0.1) is 46.3 Å². The van der Waals surface area contributed by atoms with Crippen molar-refractivity contribution in [1.29, 1.82) is 0 Å². The van der Waals surface area contributed by atoms with E-state index >= 15 is 0 Å². The Hall–Kier alpha value is -0.560. The molecule has 0 aromatic rings. The van der Waals surface area contributed by atoms with Crippen LogP contribution in [0.15, 0.2) is 11.6 Å². The van der Waals surface area contributed by atoms with Crippen LogP contribution >= 0.6 is 0 Å². The standard InChI is InChI=1S/C27H46O9S2/c1-16(2)12-18(28)13-17(3)21-6-7-22-20-15-25(36-38(32,33)34)24-14-19(35-37(29,30)31)8-10-27(24,5)23(20)9-11-26(21,22)4/h9,16-22,24-25,28H,6-8,10-15H2,1-5H3,(H,29,30,31)(H,32,33,34). The Bertz CT molecular complexity index is 1120. The van der Waals surface area contributed by atoms with Crippen molar-refractivity contribution in [2.24, 2.45) is 46.3 Å². The first-order valence-corrected chi connectivity index (χ1v) is 16.9. The van der Waals surface area contributed by atoms with E-state index in [4.69, 9.17) is 8.37 Å². The van der Waals surface area contributed by atoms with Gasteiger partial charge in [0.05, 0.1) is 18.3 Å². The predicted octanol–water partition coefficient (Wildman–Crippen LogP) is 4.98. The maximum absolute atomic E-state index is 11.9. The molecule has 4 aliphatic rings. The molecule has 0 aliphatic heterocycles. The molecule has 0 aromatic heterocycles. The topological polar surface area (TPSA) is 147 Å². The van der Waals surface area contributed by atoms with Crippen LogP contribution in [0.4, 0.5) is 0 Å². The molecule has 220 valence electrons. The van der Waals surface area contributed by atoms with Gasteiger partial charge in [-0.15, -0.1) is 0 Å². The molecule has 10 atom stereocenters. The van der Waals surface area contributed by atoms with Crippen LogP contribution < -0.4 is 0 Å².